The summed E-state index contributed by atoms with van der Waals surface area (Å²) in [4.78, 5) is 40.2. The Bertz CT molecular complexity index is 1070. The molecule has 1 aromatic carbocycles. The highest BCUT2D eigenvalue weighted by atomic mass is 35.5. The molecule has 4 atom stereocenters. The van der Waals surface area contributed by atoms with E-state index in [1.165, 1.54) is 0 Å². The number of nitrogens with one attached hydrogen (secondary N) is 2. The van der Waals surface area contributed by atoms with Gasteiger partial charge in [0.15, 0.2) is 0 Å². The number of hydrogen-bond acceptors (Lipinski definition) is 3. The van der Waals surface area contributed by atoms with E-state index in [2.05, 4.69) is 10.6 Å². The third-order valence-corrected chi connectivity index (χ3v) is 6.87. The first-order chi connectivity index (χ1) is 15.4. The molecule has 8 heteroatoms. The summed E-state index contributed by atoms with van der Waals surface area (Å²) in [6.07, 6.45) is 1.72. The number of likely N-dealkylation sites (tertiary alicyclic amines) is 1. The minimum atomic E-state index is -0.664. The normalized spacial score (nSPS) is 21.3. The van der Waals surface area contributed by atoms with Gasteiger partial charge in [0.2, 0.25) is 5.91 Å². The lowest BCUT2D eigenvalue weighted by atomic mass is 9.83. The number of rotatable bonds is 5. The Balaban J connectivity index is 1.47. The molecule has 0 radical (unpaired) electrons. The van der Waals surface area contributed by atoms with E-state index in [0.29, 0.717) is 30.3 Å². The summed E-state index contributed by atoms with van der Waals surface area (Å²) in [6, 6.07) is 11.4. The molecule has 2 aliphatic rings. The van der Waals surface area contributed by atoms with Crippen molar-refractivity contribution in [2.45, 2.75) is 45.2 Å². The van der Waals surface area contributed by atoms with Gasteiger partial charge in [0, 0.05) is 48.0 Å². The number of nitrogens with zero attached hydrogens (tertiary/aromatic N) is 2. The number of halogens is 1. The lowest BCUT2D eigenvalue weighted by Crippen LogP contribution is -2.56. The zero-order valence-corrected chi connectivity index (χ0v) is 19.1. The van der Waals surface area contributed by atoms with Crippen LogP contribution in [0.15, 0.2) is 47.3 Å². The van der Waals surface area contributed by atoms with Gasteiger partial charge in [-0.15, -0.1) is 0 Å². The summed E-state index contributed by atoms with van der Waals surface area (Å²) in [6.45, 7) is 5.69. The molecule has 32 heavy (non-hydrogen) atoms. The standard InChI is InChI=1S/C24H29ClN4O3/c1-3-15(2)22(23(31)26-19-7-4-6-18(25)11-19)27-24(32)28-12-16-10-17(14-28)20-8-5-9-21(30)29(20)13-16/h4-9,11,15-17,22H,3,10,12-14H2,1-2H3,(H,26,31)(H,27,32)/t15-,16-,17+,22-/m0/s1. The van der Waals surface area contributed by atoms with Gasteiger partial charge in [-0.2, -0.15) is 0 Å². The molecule has 3 amide bonds. The number of anilines is 1. The van der Waals surface area contributed by atoms with Gasteiger partial charge >= 0.3 is 6.03 Å². The fourth-order valence-electron chi connectivity index (χ4n) is 4.77. The smallest absolute Gasteiger partial charge is 0.318 e. The van der Waals surface area contributed by atoms with Crippen molar-refractivity contribution in [2.75, 3.05) is 18.4 Å². The van der Waals surface area contributed by atoms with Crippen molar-refractivity contribution in [3.05, 3.63) is 63.5 Å². The number of pyridine rings is 1. The SMILES string of the molecule is CC[C@H](C)[C@H](NC(=O)N1C[C@@H]2C[C@H](C1)c1cccc(=O)n1C2)C(=O)Nc1cccc(Cl)c1. The monoisotopic (exact) mass is 456 g/mol. The van der Waals surface area contributed by atoms with Gasteiger partial charge in [-0.25, -0.2) is 4.79 Å². The number of aromatic nitrogens is 1. The maximum atomic E-state index is 13.2. The molecule has 0 aliphatic carbocycles. The fraction of sp³-hybridized carbons (Fsp3) is 0.458. The van der Waals surface area contributed by atoms with Gasteiger partial charge in [-0.05, 0) is 42.5 Å². The molecule has 0 spiro atoms. The van der Waals surface area contributed by atoms with E-state index in [-0.39, 0.29) is 35.3 Å². The molecule has 2 aliphatic heterocycles. The molecule has 1 saturated heterocycles. The first-order valence-corrected chi connectivity index (χ1v) is 11.5. The number of fused-ring (bicyclic) bond motifs is 4. The first kappa shape index (κ1) is 22.4. The van der Waals surface area contributed by atoms with Gasteiger partial charge in [0.25, 0.3) is 5.56 Å². The number of urea groups is 1. The zero-order valence-electron chi connectivity index (χ0n) is 18.4. The van der Waals surface area contributed by atoms with Crippen LogP contribution in [-0.4, -0.2) is 40.5 Å². The predicted molar refractivity (Wildman–Crippen MR) is 125 cm³/mol. The van der Waals surface area contributed by atoms with E-state index in [9.17, 15) is 14.4 Å². The molecule has 2 aromatic rings. The summed E-state index contributed by atoms with van der Waals surface area (Å²) >= 11 is 6.03. The second-order valence-corrected chi connectivity index (χ2v) is 9.35. The Morgan fingerprint density at radius 1 is 1.16 bits per heavy atom. The Morgan fingerprint density at radius 3 is 2.69 bits per heavy atom. The molecule has 2 N–H and O–H groups in total. The third kappa shape index (κ3) is 4.67. The van der Waals surface area contributed by atoms with Crippen LogP contribution >= 0.6 is 11.6 Å². The van der Waals surface area contributed by atoms with Crippen LogP contribution in [0.1, 0.15) is 38.3 Å². The van der Waals surface area contributed by atoms with Crippen molar-refractivity contribution in [3.8, 4) is 0 Å². The molecule has 7 nitrogen and oxygen atoms in total. The van der Waals surface area contributed by atoms with Crippen LogP contribution in [-0.2, 0) is 11.3 Å². The van der Waals surface area contributed by atoms with Gasteiger partial charge in [0.05, 0.1) is 0 Å². The lowest BCUT2D eigenvalue weighted by Gasteiger charge is -2.43. The predicted octanol–water partition coefficient (Wildman–Crippen LogP) is 3.68. The number of carbonyl (C=O) groups excluding carboxylic acids is 2. The van der Waals surface area contributed by atoms with Crippen molar-refractivity contribution in [1.29, 1.82) is 0 Å². The van der Waals surface area contributed by atoms with Crippen LogP contribution in [0, 0.1) is 11.8 Å². The number of carbonyl (C=O) groups is 2. The van der Waals surface area contributed by atoms with Gasteiger partial charge in [0.1, 0.15) is 6.04 Å². The van der Waals surface area contributed by atoms with Crippen LogP contribution in [0.5, 0.6) is 0 Å². The van der Waals surface area contributed by atoms with Gasteiger partial charge in [-0.3, -0.25) is 9.59 Å². The second-order valence-electron chi connectivity index (χ2n) is 8.92. The highest BCUT2D eigenvalue weighted by Crippen LogP contribution is 2.35. The second kappa shape index (κ2) is 9.36. The van der Waals surface area contributed by atoms with Crippen molar-refractivity contribution >= 4 is 29.2 Å². The Labute approximate surface area is 192 Å². The third-order valence-electron chi connectivity index (χ3n) is 6.63. The summed E-state index contributed by atoms with van der Waals surface area (Å²) < 4.78 is 1.84. The first-order valence-electron chi connectivity index (χ1n) is 11.2. The number of amides is 3. The molecular formula is C24H29ClN4O3. The average molecular weight is 457 g/mol. The summed E-state index contributed by atoms with van der Waals surface area (Å²) in [7, 11) is 0. The zero-order chi connectivity index (χ0) is 22.8. The largest absolute Gasteiger partial charge is 0.326 e. The molecular weight excluding hydrogens is 428 g/mol. The van der Waals surface area contributed by atoms with Crippen LogP contribution in [0.4, 0.5) is 10.5 Å². The maximum Gasteiger partial charge on any atom is 0.318 e. The van der Waals surface area contributed by atoms with E-state index in [1.54, 1.807) is 41.3 Å². The van der Waals surface area contributed by atoms with Crippen molar-refractivity contribution in [3.63, 3.8) is 0 Å². The molecule has 1 aromatic heterocycles. The number of benzene rings is 1. The van der Waals surface area contributed by atoms with Crippen LogP contribution in [0.3, 0.4) is 0 Å². The Kier molecular flexibility index (Phi) is 6.55. The van der Waals surface area contributed by atoms with Crippen LogP contribution < -0.4 is 16.2 Å². The maximum absolute atomic E-state index is 13.2. The average Bonchev–Trinajstić information content (AvgIpc) is 2.77. The fourth-order valence-corrected chi connectivity index (χ4v) is 4.97. The summed E-state index contributed by atoms with van der Waals surface area (Å²) in [5.74, 6) is 0.0599. The number of hydrogen-bond donors (Lipinski definition) is 2. The molecule has 2 bridgehead atoms. The molecule has 0 saturated carbocycles. The van der Waals surface area contributed by atoms with E-state index >= 15 is 0 Å². The molecule has 0 unspecified atom stereocenters. The molecule has 170 valence electrons. The number of piperidine rings is 1. The van der Waals surface area contributed by atoms with E-state index in [4.69, 9.17) is 11.6 Å². The molecule has 4 rings (SSSR count). The topological polar surface area (TPSA) is 83.4 Å². The molecule has 3 heterocycles. The lowest BCUT2D eigenvalue weighted by molar-refractivity contribution is -0.119. The van der Waals surface area contributed by atoms with Gasteiger partial charge in [-0.1, -0.05) is 44.0 Å². The van der Waals surface area contributed by atoms with E-state index < -0.39 is 6.04 Å². The van der Waals surface area contributed by atoms with Crippen molar-refractivity contribution < 1.29 is 9.59 Å². The quantitative estimate of drug-likeness (QED) is 0.719. The highest BCUT2D eigenvalue weighted by Gasteiger charge is 2.37. The highest BCUT2D eigenvalue weighted by molar-refractivity contribution is 6.30. The van der Waals surface area contributed by atoms with Gasteiger partial charge < -0.3 is 20.1 Å². The van der Waals surface area contributed by atoms with Crippen LogP contribution in [0.2, 0.25) is 5.02 Å². The summed E-state index contributed by atoms with van der Waals surface area (Å²) in [5, 5.41) is 6.37. The van der Waals surface area contributed by atoms with E-state index in [1.807, 2.05) is 24.5 Å². The minimum Gasteiger partial charge on any atom is -0.326 e. The van der Waals surface area contributed by atoms with Crippen molar-refractivity contribution in [1.82, 2.24) is 14.8 Å². The minimum absolute atomic E-state index is 0.0182. The van der Waals surface area contributed by atoms with Crippen LogP contribution in [0.25, 0.3) is 0 Å². The van der Waals surface area contributed by atoms with Crippen molar-refractivity contribution in [2.24, 2.45) is 11.8 Å². The Hall–Kier alpha value is -2.80. The Morgan fingerprint density at radius 2 is 1.94 bits per heavy atom. The summed E-state index contributed by atoms with van der Waals surface area (Å²) in [5.41, 5.74) is 1.60. The molecule has 1 fully saturated rings. The van der Waals surface area contributed by atoms with E-state index in [0.717, 1.165) is 18.5 Å².